The summed E-state index contributed by atoms with van der Waals surface area (Å²) in [4.78, 5) is 0.255. The van der Waals surface area contributed by atoms with Crippen molar-refractivity contribution < 1.29 is 8.42 Å². The number of sulfonamides is 1. The summed E-state index contributed by atoms with van der Waals surface area (Å²) in [7, 11) is -3.42. The zero-order chi connectivity index (χ0) is 12.9. The monoisotopic (exact) mass is 275 g/mol. The largest absolute Gasteiger partial charge is 0.240 e. The zero-order valence-corrected chi connectivity index (χ0v) is 11.7. The molecule has 0 heterocycles. The summed E-state index contributed by atoms with van der Waals surface area (Å²) >= 11 is 5.72. The van der Waals surface area contributed by atoms with Crippen molar-refractivity contribution in [3.8, 4) is 0 Å². The van der Waals surface area contributed by atoms with Crippen LogP contribution in [-0.4, -0.2) is 14.5 Å². The molecule has 0 bridgehead atoms. The Morgan fingerprint density at radius 3 is 2.41 bits per heavy atom. The van der Waals surface area contributed by atoms with Gasteiger partial charge in [0.15, 0.2) is 0 Å². The highest BCUT2D eigenvalue weighted by Crippen LogP contribution is 2.14. The van der Waals surface area contributed by atoms with Crippen LogP contribution in [0.15, 0.2) is 29.2 Å². The lowest BCUT2D eigenvalue weighted by molar-refractivity contribution is 0.534. The maximum absolute atomic E-state index is 12.0. The minimum Gasteiger partial charge on any atom is -0.208 e. The quantitative estimate of drug-likeness (QED) is 0.867. The van der Waals surface area contributed by atoms with Crippen LogP contribution in [0.2, 0.25) is 5.02 Å². The van der Waals surface area contributed by atoms with Gasteiger partial charge >= 0.3 is 0 Å². The van der Waals surface area contributed by atoms with Gasteiger partial charge in [-0.1, -0.05) is 31.4 Å². The number of halogens is 1. The molecule has 3 nitrogen and oxygen atoms in total. The van der Waals surface area contributed by atoms with Crippen molar-refractivity contribution in [3.63, 3.8) is 0 Å². The Hall–Kier alpha value is -0.580. The van der Waals surface area contributed by atoms with E-state index >= 15 is 0 Å². The third kappa shape index (κ3) is 4.66. The van der Waals surface area contributed by atoms with Crippen molar-refractivity contribution in [3.05, 3.63) is 29.3 Å². The van der Waals surface area contributed by atoms with Gasteiger partial charge in [-0.2, -0.15) is 0 Å². The topological polar surface area (TPSA) is 46.2 Å². The van der Waals surface area contributed by atoms with Gasteiger partial charge in [0, 0.05) is 11.1 Å². The first-order valence-corrected chi connectivity index (χ1v) is 7.59. The fourth-order valence-corrected chi connectivity index (χ4v) is 2.92. The van der Waals surface area contributed by atoms with Crippen LogP contribution < -0.4 is 4.72 Å². The van der Waals surface area contributed by atoms with Gasteiger partial charge in [-0.25, -0.2) is 13.1 Å². The van der Waals surface area contributed by atoms with E-state index in [9.17, 15) is 8.42 Å². The second kappa shape index (κ2) is 6.38. The number of hydrogen-bond donors (Lipinski definition) is 1. The van der Waals surface area contributed by atoms with Gasteiger partial charge in [-0.05, 0) is 37.6 Å². The molecule has 0 amide bonds. The molecular weight excluding hydrogens is 258 g/mol. The molecule has 1 N–H and O–H groups in total. The first kappa shape index (κ1) is 14.5. The van der Waals surface area contributed by atoms with E-state index in [0.29, 0.717) is 5.02 Å². The molecule has 0 fully saturated rings. The van der Waals surface area contributed by atoms with Gasteiger partial charge in [-0.3, -0.25) is 0 Å². The average molecular weight is 276 g/mol. The minimum atomic E-state index is -3.42. The lowest BCUT2D eigenvalue weighted by atomic mass is 10.2. The van der Waals surface area contributed by atoms with Crippen molar-refractivity contribution in [1.29, 1.82) is 0 Å². The third-order valence-electron chi connectivity index (χ3n) is 2.47. The molecule has 1 aromatic rings. The van der Waals surface area contributed by atoms with Gasteiger partial charge in [0.2, 0.25) is 10.0 Å². The van der Waals surface area contributed by atoms with Crippen molar-refractivity contribution >= 4 is 21.6 Å². The van der Waals surface area contributed by atoms with Gasteiger partial charge < -0.3 is 0 Å². The molecule has 0 unspecified atom stereocenters. The van der Waals surface area contributed by atoms with Crippen LogP contribution in [0.5, 0.6) is 0 Å². The molecule has 0 saturated carbocycles. The maximum atomic E-state index is 12.0. The Morgan fingerprint density at radius 1 is 1.29 bits per heavy atom. The van der Waals surface area contributed by atoms with E-state index in [4.69, 9.17) is 11.6 Å². The lowest BCUT2D eigenvalue weighted by Crippen LogP contribution is -2.32. The van der Waals surface area contributed by atoms with Gasteiger partial charge in [0.1, 0.15) is 0 Å². The summed E-state index contributed by atoms with van der Waals surface area (Å²) in [5.74, 6) is 0. The van der Waals surface area contributed by atoms with Crippen LogP contribution in [-0.2, 0) is 10.0 Å². The molecule has 96 valence electrons. The molecule has 1 atom stereocenters. The van der Waals surface area contributed by atoms with Crippen LogP contribution in [0.1, 0.15) is 33.1 Å². The maximum Gasteiger partial charge on any atom is 0.240 e. The highest BCUT2D eigenvalue weighted by atomic mass is 35.5. The predicted molar refractivity (Wildman–Crippen MR) is 70.8 cm³/mol. The van der Waals surface area contributed by atoms with Gasteiger partial charge in [0.25, 0.3) is 0 Å². The summed E-state index contributed by atoms with van der Waals surface area (Å²) in [5.41, 5.74) is 0. The second-order valence-electron chi connectivity index (χ2n) is 4.12. The molecule has 0 radical (unpaired) electrons. The van der Waals surface area contributed by atoms with Crippen LogP contribution in [0.3, 0.4) is 0 Å². The van der Waals surface area contributed by atoms with Crippen molar-refractivity contribution in [2.75, 3.05) is 0 Å². The van der Waals surface area contributed by atoms with Crippen molar-refractivity contribution in [2.45, 2.75) is 44.0 Å². The predicted octanol–water partition coefficient (Wildman–Crippen LogP) is 3.20. The fourth-order valence-electron chi connectivity index (χ4n) is 1.52. The van der Waals surface area contributed by atoms with E-state index in [1.165, 1.54) is 12.1 Å². The first-order valence-electron chi connectivity index (χ1n) is 5.73. The number of benzene rings is 1. The summed E-state index contributed by atoms with van der Waals surface area (Å²) < 4.78 is 26.6. The van der Waals surface area contributed by atoms with Crippen molar-refractivity contribution in [2.24, 2.45) is 0 Å². The smallest absolute Gasteiger partial charge is 0.208 e. The van der Waals surface area contributed by atoms with Gasteiger partial charge in [-0.15, -0.1) is 0 Å². The summed E-state index contributed by atoms with van der Waals surface area (Å²) in [6.45, 7) is 3.96. The van der Waals surface area contributed by atoms with Crippen LogP contribution in [0, 0.1) is 0 Å². The molecule has 0 aliphatic rings. The molecule has 17 heavy (non-hydrogen) atoms. The Balaban J connectivity index is 2.71. The zero-order valence-electron chi connectivity index (χ0n) is 10.1. The van der Waals surface area contributed by atoms with Crippen LogP contribution >= 0.6 is 11.6 Å². The fraction of sp³-hybridized carbons (Fsp3) is 0.500. The standard InChI is InChI=1S/C12H18ClNO2S/c1-3-4-5-10(2)14-17(15,16)12-8-6-11(13)7-9-12/h6-10,14H,3-5H2,1-2H3/t10-/m1/s1. The highest BCUT2D eigenvalue weighted by Gasteiger charge is 2.16. The normalized spacial score (nSPS) is 13.6. The number of nitrogens with one attached hydrogen (secondary N) is 1. The second-order valence-corrected chi connectivity index (χ2v) is 6.27. The van der Waals surface area contributed by atoms with E-state index in [2.05, 4.69) is 11.6 Å². The number of unbranched alkanes of at least 4 members (excludes halogenated alkanes) is 1. The molecule has 0 spiro atoms. The molecule has 0 aromatic heterocycles. The van der Waals surface area contributed by atoms with E-state index in [-0.39, 0.29) is 10.9 Å². The Kier molecular flexibility index (Phi) is 5.43. The lowest BCUT2D eigenvalue weighted by Gasteiger charge is -2.13. The highest BCUT2D eigenvalue weighted by molar-refractivity contribution is 7.89. The minimum absolute atomic E-state index is 0.0457. The Labute approximate surface area is 108 Å². The molecule has 0 saturated heterocycles. The van der Waals surface area contributed by atoms with E-state index < -0.39 is 10.0 Å². The summed E-state index contributed by atoms with van der Waals surface area (Å²) in [6, 6.07) is 6.13. The number of rotatable bonds is 6. The Morgan fingerprint density at radius 2 is 1.88 bits per heavy atom. The molecule has 0 aliphatic heterocycles. The molecule has 0 aliphatic carbocycles. The molecule has 5 heteroatoms. The van der Waals surface area contributed by atoms with Gasteiger partial charge in [0.05, 0.1) is 4.90 Å². The SMILES string of the molecule is CCCC[C@@H](C)NS(=O)(=O)c1ccc(Cl)cc1. The summed E-state index contributed by atoms with van der Waals surface area (Å²) in [5, 5.41) is 0.531. The molecule has 1 rings (SSSR count). The third-order valence-corrected chi connectivity index (χ3v) is 4.33. The van der Waals surface area contributed by atoms with Crippen LogP contribution in [0.25, 0.3) is 0 Å². The number of hydrogen-bond acceptors (Lipinski definition) is 2. The molecular formula is C12H18ClNO2S. The first-order chi connectivity index (χ1) is 7.95. The van der Waals surface area contributed by atoms with E-state index in [0.717, 1.165) is 19.3 Å². The van der Waals surface area contributed by atoms with Crippen LogP contribution in [0.4, 0.5) is 0 Å². The Bertz CT molecular complexity index is 442. The average Bonchev–Trinajstić information content (AvgIpc) is 2.26. The van der Waals surface area contributed by atoms with E-state index in [1.54, 1.807) is 12.1 Å². The molecule has 1 aromatic carbocycles. The van der Waals surface area contributed by atoms with E-state index in [1.807, 2.05) is 6.92 Å². The van der Waals surface area contributed by atoms with Crippen molar-refractivity contribution in [1.82, 2.24) is 4.72 Å². The summed E-state index contributed by atoms with van der Waals surface area (Å²) in [6.07, 6.45) is 2.93.